The zero-order valence-electron chi connectivity index (χ0n) is 13.9. The summed E-state index contributed by atoms with van der Waals surface area (Å²) in [5.41, 5.74) is 0.963. The molecule has 0 fully saturated rings. The van der Waals surface area contributed by atoms with Gasteiger partial charge in [0.1, 0.15) is 11.5 Å². The topological polar surface area (TPSA) is 54.7 Å². The molecule has 0 bridgehead atoms. The van der Waals surface area contributed by atoms with E-state index in [0.29, 0.717) is 19.6 Å². The third-order valence-corrected chi connectivity index (χ3v) is 3.59. The Kier molecular flexibility index (Phi) is 6.23. The maximum absolute atomic E-state index is 12.1. The number of carbonyl (C=O) groups excluding carboxylic acids is 1. The number of rotatable bonds is 8. The number of amides is 1. The molecule has 0 saturated heterocycles. The third-order valence-electron chi connectivity index (χ3n) is 3.59. The van der Waals surface area contributed by atoms with E-state index in [9.17, 15) is 4.79 Å². The molecule has 23 heavy (non-hydrogen) atoms. The second-order valence-corrected chi connectivity index (χ2v) is 5.55. The van der Waals surface area contributed by atoms with Crippen molar-refractivity contribution in [2.24, 2.45) is 0 Å². The van der Waals surface area contributed by atoms with Gasteiger partial charge in [-0.15, -0.1) is 0 Å². The molecule has 1 N–H and O–H groups in total. The predicted octanol–water partition coefficient (Wildman–Crippen LogP) is 2.64. The van der Waals surface area contributed by atoms with Crippen molar-refractivity contribution < 1.29 is 13.9 Å². The number of hydrogen-bond donors (Lipinski definition) is 1. The molecule has 1 aromatic carbocycles. The number of nitrogens with one attached hydrogen (secondary N) is 1. The van der Waals surface area contributed by atoms with Gasteiger partial charge in [0, 0.05) is 6.54 Å². The van der Waals surface area contributed by atoms with Gasteiger partial charge in [0.05, 0.1) is 25.3 Å². The smallest absolute Gasteiger partial charge is 0.224 e. The van der Waals surface area contributed by atoms with Gasteiger partial charge in [-0.25, -0.2) is 0 Å². The van der Waals surface area contributed by atoms with Crippen LogP contribution < -0.4 is 10.1 Å². The summed E-state index contributed by atoms with van der Waals surface area (Å²) in [7, 11) is 3.93. The summed E-state index contributed by atoms with van der Waals surface area (Å²) in [5.74, 6) is 1.66. The lowest BCUT2D eigenvalue weighted by Gasteiger charge is -2.22. The minimum Gasteiger partial charge on any atom is -0.494 e. The molecule has 0 unspecified atom stereocenters. The van der Waals surface area contributed by atoms with E-state index in [1.54, 1.807) is 6.26 Å². The molecule has 1 aromatic heterocycles. The zero-order valence-corrected chi connectivity index (χ0v) is 13.9. The first-order valence-electron chi connectivity index (χ1n) is 7.78. The first-order valence-corrected chi connectivity index (χ1v) is 7.78. The Bertz CT molecular complexity index is 591. The lowest BCUT2D eigenvalue weighted by molar-refractivity contribution is -0.120. The lowest BCUT2D eigenvalue weighted by atomic mass is 10.1. The van der Waals surface area contributed by atoms with Crippen LogP contribution in [0.3, 0.4) is 0 Å². The summed E-state index contributed by atoms with van der Waals surface area (Å²) in [4.78, 5) is 14.2. The predicted molar refractivity (Wildman–Crippen MR) is 89.5 cm³/mol. The van der Waals surface area contributed by atoms with Gasteiger partial charge >= 0.3 is 0 Å². The van der Waals surface area contributed by atoms with Crippen LogP contribution in [0.2, 0.25) is 0 Å². The first kappa shape index (κ1) is 17.1. The summed E-state index contributed by atoms with van der Waals surface area (Å²) in [6.07, 6.45) is 2.00. The van der Waals surface area contributed by atoms with Crippen molar-refractivity contribution in [1.29, 1.82) is 0 Å². The highest BCUT2D eigenvalue weighted by atomic mass is 16.5. The van der Waals surface area contributed by atoms with E-state index in [2.05, 4.69) is 5.32 Å². The molecular formula is C18H24N2O3. The summed E-state index contributed by atoms with van der Waals surface area (Å²) in [6.45, 7) is 3.09. The number of furan rings is 1. The van der Waals surface area contributed by atoms with Crippen LogP contribution in [-0.4, -0.2) is 38.1 Å². The quantitative estimate of drug-likeness (QED) is 0.813. The van der Waals surface area contributed by atoms with E-state index < -0.39 is 0 Å². The molecule has 1 atom stereocenters. The number of ether oxygens (including phenoxy) is 1. The Morgan fingerprint density at radius 1 is 1.26 bits per heavy atom. The third kappa shape index (κ3) is 5.14. The highest BCUT2D eigenvalue weighted by Crippen LogP contribution is 2.17. The normalized spacial score (nSPS) is 12.2. The van der Waals surface area contributed by atoms with Crippen LogP contribution in [0.1, 0.15) is 24.3 Å². The Hall–Kier alpha value is -2.27. The lowest BCUT2D eigenvalue weighted by Crippen LogP contribution is -2.35. The summed E-state index contributed by atoms with van der Waals surface area (Å²) in [6, 6.07) is 11.4. The number of nitrogens with zero attached hydrogens (tertiary/aromatic N) is 1. The Labute approximate surface area is 137 Å². The van der Waals surface area contributed by atoms with Gasteiger partial charge in [0.2, 0.25) is 5.91 Å². The van der Waals surface area contributed by atoms with E-state index in [4.69, 9.17) is 9.15 Å². The molecule has 0 aliphatic carbocycles. The van der Waals surface area contributed by atoms with Crippen molar-refractivity contribution in [3.05, 3.63) is 54.0 Å². The zero-order chi connectivity index (χ0) is 16.7. The van der Waals surface area contributed by atoms with Crippen LogP contribution in [0, 0.1) is 0 Å². The number of carbonyl (C=O) groups is 1. The van der Waals surface area contributed by atoms with Crippen LogP contribution in [0.5, 0.6) is 5.75 Å². The van der Waals surface area contributed by atoms with Gasteiger partial charge < -0.3 is 14.5 Å². The van der Waals surface area contributed by atoms with Crippen molar-refractivity contribution >= 4 is 5.91 Å². The van der Waals surface area contributed by atoms with Crippen molar-refractivity contribution in [2.75, 3.05) is 27.2 Å². The number of benzene rings is 1. The van der Waals surface area contributed by atoms with Gasteiger partial charge in [-0.1, -0.05) is 12.1 Å². The molecule has 1 heterocycles. The molecule has 0 aliphatic rings. The maximum atomic E-state index is 12.1. The van der Waals surface area contributed by atoms with Crippen LogP contribution in [-0.2, 0) is 11.2 Å². The second-order valence-electron chi connectivity index (χ2n) is 5.55. The molecule has 5 nitrogen and oxygen atoms in total. The van der Waals surface area contributed by atoms with E-state index in [1.165, 1.54) is 0 Å². The Balaban J connectivity index is 1.86. The molecule has 1 amide bonds. The summed E-state index contributed by atoms with van der Waals surface area (Å²) >= 11 is 0. The second kappa shape index (κ2) is 8.39. The van der Waals surface area contributed by atoms with Crippen molar-refractivity contribution in [3.63, 3.8) is 0 Å². The van der Waals surface area contributed by atoms with Gasteiger partial charge in [0.15, 0.2) is 0 Å². The summed E-state index contributed by atoms with van der Waals surface area (Å²) < 4.78 is 10.8. The fourth-order valence-electron chi connectivity index (χ4n) is 2.35. The Morgan fingerprint density at radius 3 is 2.57 bits per heavy atom. The van der Waals surface area contributed by atoms with E-state index in [-0.39, 0.29) is 11.9 Å². The van der Waals surface area contributed by atoms with Gasteiger partial charge in [-0.3, -0.25) is 9.69 Å². The monoisotopic (exact) mass is 316 g/mol. The largest absolute Gasteiger partial charge is 0.494 e. The standard InChI is InChI=1S/C18H24N2O3/c1-4-22-15-9-7-14(8-10-15)12-18(21)19-13-16(20(2)3)17-6-5-11-23-17/h5-11,16H,4,12-13H2,1-3H3,(H,19,21)/t16-/m1/s1. The van der Waals surface area contributed by atoms with Crippen molar-refractivity contribution in [1.82, 2.24) is 10.2 Å². The van der Waals surface area contributed by atoms with Gasteiger partial charge in [-0.05, 0) is 50.8 Å². The summed E-state index contributed by atoms with van der Waals surface area (Å²) in [5, 5.41) is 2.97. The number of likely N-dealkylation sites (N-methyl/N-ethyl adjacent to an activating group) is 1. The van der Waals surface area contributed by atoms with Crippen molar-refractivity contribution in [3.8, 4) is 5.75 Å². The van der Waals surface area contributed by atoms with E-state index >= 15 is 0 Å². The van der Waals surface area contributed by atoms with Crippen LogP contribution in [0.4, 0.5) is 0 Å². The molecule has 0 aliphatic heterocycles. The number of hydrogen-bond acceptors (Lipinski definition) is 4. The molecule has 0 saturated carbocycles. The first-order chi connectivity index (χ1) is 11.1. The Morgan fingerprint density at radius 2 is 2.00 bits per heavy atom. The highest BCUT2D eigenvalue weighted by Gasteiger charge is 2.17. The minimum absolute atomic E-state index is 0.00688. The van der Waals surface area contributed by atoms with Crippen LogP contribution in [0.25, 0.3) is 0 Å². The fraction of sp³-hybridized carbons (Fsp3) is 0.389. The van der Waals surface area contributed by atoms with E-state index in [0.717, 1.165) is 17.1 Å². The average Bonchev–Trinajstić information content (AvgIpc) is 3.03. The fourth-order valence-corrected chi connectivity index (χ4v) is 2.35. The van der Waals surface area contributed by atoms with Gasteiger partial charge in [0.25, 0.3) is 0 Å². The van der Waals surface area contributed by atoms with Crippen LogP contribution in [0.15, 0.2) is 47.1 Å². The molecule has 5 heteroatoms. The molecule has 0 radical (unpaired) electrons. The molecular weight excluding hydrogens is 292 g/mol. The van der Waals surface area contributed by atoms with E-state index in [1.807, 2.05) is 62.3 Å². The minimum atomic E-state index is -0.00688. The molecule has 0 spiro atoms. The molecule has 2 aromatic rings. The van der Waals surface area contributed by atoms with Gasteiger partial charge in [-0.2, -0.15) is 0 Å². The van der Waals surface area contributed by atoms with Crippen molar-refractivity contribution in [2.45, 2.75) is 19.4 Å². The molecule has 2 rings (SSSR count). The SMILES string of the molecule is CCOc1ccc(CC(=O)NC[C@H](c2ccco2)N(C)C)cc1. The average molecular weight is 316 g/mol. The maximum Gasteiger partial charge on any atom is 0.224 e. The molecule has 124 valence electrons. The van der Waals surface area contributed by atoms with Crippen LogP contribution >= 0.6 is 0 Å². The highest BCUT2D eigenvalue weighted by molar-refractivity contribution is 5.78.